The zero-order valence-corrected chi connectivity index (χ0v) is 11.1. The predicted octanol–water partition coefficient (Wildman–Crippen LogP) is 3.66. The number of rotatable bonds is 5. The van der Waals surface area contributed by atoms with Gasteiger partial charge >= 0.3 is 0 Å². The van der Waals surface area contributed by atoms with Crippen LogP contribution >= 0.6 is 0 Å². The topological polar surface area (TPSA) is 32.3 Å². The fourth-order valence-corrected chi connectivity index (χ4v) is 1.91. The molecule has 0 radical (unpaired) electrons. The Morgan fingerprint density at radius 2 is 1.83 bits per heavy atom. The summed E-state index contributed by atoms with van der Waals surface area (Å²) in [4.78, 5) is 0. The highest BCUT2D eigenvalue weighted by Crippen LogP contribution is 2.23. The molecule has 2 nitrogen and oxygen atoms in total. The fourth-order valence-electron chi connectivity index (χ4n) is 1.91. The molecule has 2 rings (SSSR count). The first-order chi connectivity index (χ1) is 8.67. The Kier molecular flexibility index (Phi) is 3.87. The lowest BCUT2D eigenvalue weighted by Gasteiger charge is -2.26. The summed E-state index contributed by atoms with van der Waals surface area (Å²) < 4.78 is 0. The maximum absolute atomic E-state index is 9.40. The Balaban J connectivity index is 2.12. The number of hydrogen-bond acceptors (Lipinski definition) is 2. The van der Waals surface area contributed by atoms with Gasteiger partial charge in [-0.25, -0.2) is 0 Å². The summed E-state index contributed by atoms with van der Waals surface area (Å²) in [5, 5.41) is 15.3. The number of anilines is 1. The lowest BCUT2D eigenvalue weighted by molar-refractivity contribution is 0.149. The molecule has 0 heterocycles. The van der Waals surface area contributed by atoms with Crippen LogP contribution in [0.2, 0.25) is 0 Å². The summed E-state index contributed by atoms with van der Waals surface area (Å²) in [6, 6.07) is 14.7. The number of hydrogen-bond donors (Lipinski definition) is 2. The van der Waals surface area contributed by atoms with Crippen LogP contribution in [0.1, 0.15) is 20.3 Å². The van der Waals surface area contributed by atoms with Crippen molar-refractivity contribution < 1.29 is 5.11 Å². The predicted molar refractivity (Wildman–Crippen MR) is 77.9 cm³/mol. The second-order valence-electron chi connectivity index (χ2n) is 5.24. The monoisotopic (exact) mass is 243 g/mol. The molecular weight excluding hydrogens is 222 g/mol. The first kappa shape index (κ1) is 12.9. The third-order valence-corrected chi connectivity index (χ3v) is 3.70. The fraction of sp³-hybridized carbons (Fsp3) is 0.375. The van der Waals surface area contributed by atoms with Crippen molar-refractivity contribution in [1.29, 1.82) is 0 Å². The van der Waals surface area contributed by atoms with Gasteiger partial charge in [-0.3, -0.25) is 0 Å². The van der Waals surface area contributed by atoms with E-state index in [4.69, 9.17) is 0 Å². The van der Waals surface area contributed by atoms with Gasteiger partial charge in [-0.15, -0.1) is 0 Å². The van der Waals surface area contributed by atoms with E-state index >= 15 is 0 Å². The van der Waals surface area contributed by atoms with E-state index < -0.39 is 0 Å². The van der Waals surface area contributed by atoms with Crippen molar-refractivity contribution in [2.45, 2.75) is 20.3 Å². The van der Waals surface area contributed by atoms with E-state index in [0.717, 1.165) is 18.7 Å². The highest BCUT2D eigenvalue weighted by Gasteiger charge is 2.20. The highest BCUT2D eigenvalue weighted by atomic mass is 16.3. The summed E-state index contributed by atoms with van der Waals surface area (Å²) in [6.07, 6.45) is 0.962. The van der Waals surface area contributed by atoms with Crippen molar-refractivity contribution >= 4 is 16.5 Å². The summed E-state index contributed by atoms with van der Waals surface area (Å²) >= 11 is 0. The van der Waals surface area contributed by atoms with E-state index in [9.17, 15) is 5.11 Å². The first-order valence-corrected chi connectivity index (χ1v) is 6.50. The van der Waals surface area contributed by atoms with E-state index in [0.29, 0.717) is 0 Å². The summed E-state index contributed by atoms with van der Waals surface area (Å²) in [6.45, 7) is 5.21. The van der Waals surface area contributed by atoms with Gasteiger partial charge < -0.3 is 10.4 Å². The van der Waals surface area contributed by atoms with Gasteiger partial charge in [0.05, 0.1) is 6.61 Å². The molecule has 96 valence electrons. The SMILES string of the molecule is CCC(C)(CO)CNc1ccc2ccccc2c1. The van der Waals surface area contributed by atoms with Crippen LogP contribution in [0.15, 0.2) is 42.5 Å². The average Bonchev–Trinajstić information content (AvgIpc) is 2.44. The van der Waals surface area contributed by atoms with Gasteiger partial charge in [0.1, 0.15) is 0 Å². The molecule has 2 heteroatoms. The van der Waals surface area contributed by atoms with E-state index in [1.807, 2.05) is 0 Å². The molecule has 0 aliphatic heterocycles. The molecule has 1 atom stereocenters. The number of aliphatic hydroxyl groups is 1. The molecule has 2 aromatic rings. The molecule has 0 amide bonds. The summed E-state index contributed by atoms with van der Waals surface area (Å²) in [5.41, 5.74) is 1.06. The van der Waals surface area contributed by atoms with Gasteiger partial charge in [0, 0.05) is 17.6 Å². The first-order valence-electron chi connectivity index (χ1n) is 6.50. The molecule has 0 saturated heterocycles. The van der Waals surface area contributed by atoms with E-state index in [-0.39, 0.29) is 12.0 Å². The van der Waals surface area contributed by atoms with Gasteiger partial charge in [0.2, 0.25) is 0 Å². The Hall–Kier alpha value is -1.54. The minimum absolute atomic E-state index is 0.0500. The Morgan fingerprint density at radius 1 is 1.11 bits per heavy atom. The van der Waals surface area contributed by atoms with E-state index in [1.54, 1.807) is 0 Å². The van der Waals surface area contributed by atoms with Gasteiger partial charge in [0.15, 0.2) is 0 Å². The van der Waals surface area contributed by atoms with Crippen molar-refractivity contribution in [3.63, 3.8) is 0 Å². The minimum Gasteiger partial charge on any atom is -0.396 e. The molecule has 0 aromatic heterocycles. The Morgan fingerprint density at radius 3 is 2.50 bits per heavy atom. The zero-order chi connectivity index (χ0) is 13.0. The lowest BCUT2D eigenvalue weighted by atomic mass is 9.88. The smallest absolute Gasteiger partial charge is 0.0501 e. The van der Waals surface area contributed by atoms with Crippen LogP contribution in [0, 0.1) is 5.41 Å². The Bertz CT molecular complexity index is 517. The standard InChI is InChI=1S/C16H21NO/c1-3-16(2,12-18)11-17-15-9-8-13-6-4-5-7-14(13)10-15/h4-10,17-18H,3,11-12H2,1-2H3. The molecule has 1 unspecified atom stereocenters. The minimum atomic E-state index is -0.0500. The molecule has 0 bridgehead atoms. The maximum atomic E-state index is 9.40. The maximum Gasteiger partial charge on any atom is 0.0501 e. The molecule has 18 heavy (non-hydrogen) atoms. The Labute approximate surface area is 109 Å². The van der Waals surface area contributed by atoms with Crippen molar-refractivity contribution in [1.82, 2.24) is 0 Å². The molecule has 0 saturated carbocycles. The van der Waals surface area contributed by atoms with Crippen molar-refractivity contribution in [2.75, 3.05) is 18.5 Å². The molecule has 0 aliphatic carbocycles. The second-order valence-corrected chi connectivity index (χ2v) is 5.24. The molecule has 0 fully saturated rings. The number of benzene rings is 2. The highest BCUT2D eigenvalue weighted by molar-refractivity contribution is 5.85. The van der Waals surface area contributed by atoms with Crippen LogP contribution in [-0.4, -0.2) is 18.3 Å². The molecule has 0 aliphatic rings. The van der Waals surface area contributed by atoms with Crippen molar-refractivity contribution in [3.8, 4) is 0 Å². The van der Waals surface area contributed by atoms with Crippen molar-refractivity contribution in [3.05, 3.63) is 42.5 Å². The third-order valence-electron chi connectivity index (χ3n) is 3.70. The van der Waals surface area contributed by atoms with Crippen LogP contribution < -0.4 is 5.32 Å². The zero-order valence-electron chi connectivity index (χ0n) is 11.1. The van der Waals surface area contributed by atoms with Crippen LogP contribution in [0.4, 0.5) is 5.69 Å². The summed E-state index contributed by atoms with van der Waals surface area (Å²) in [5.74, 6) is 0. The van der Waals surface area contributed by atoms with Crippen molar-refractivity contribution in [2.24, 2.45) is 5.41 Å². The largest absolute Gasteiger partial charge is 0.396 e. The third kappa shape index (κ3) is 2.82. The number of aliphatic hydroxyl groups excluding tert-OH is 1. The van der Waals surface area contributed by atoms with Gasteiger partial charge in [0.25, 0.3) is 0 Å². The normalized spacial score (nSPS) is 14.4. The van der Waals surface area contributed by atoms with Crippen LogP contribution in [-0.2, 0) is 0 Å². The number of nitrogens with one attached hydrogen (secondary N) is 1. The van der Waals surface area contributed by atoms with E-state index in [1.165, 1.54) is 10.8 Å². The molecular formula is C16H21NO. The number of fused-ring (bicyclic) bond motifs is 1. The van der Waals surface area contributed by atoms with Gasteiger partial charge in [-0.05, 0) is 29.3 Å². The van der Waals surface area contributed by atoms with E-state index in [2.05, 4.69) is 61.6 Å². The van der Waals surface area contributed by atoms with Crippen LogP contribution in [0.5, 0.6) is 0 Å². The van der Waals surface area contributed by atoms with Crippen LogP contribution in [0.25, 0.3) is 10.8 Å². The van der Waals surface area contributed by atoms with Crippen LogP contribution in [0.3, 0.4) is 0 Å². The summed E-state index contributed by atoms with van der Waals surface area (Å²) in [7, 11) is 0. The average molecular weight is 243 g/mol. The van der Waals surface area contributed by atoms with Gasteiger partial charge in [-0.1, -0.05) is 44.2 Å². The quantitative estimate of drug-likeness (QED) is 0.840. The second kappa shape index (κ2) is 5.40. The molecule has 2 N–H and O–H groups in total. The van der Waals surface area contributed by atoms with Gasteiger partial charge in [-0.2, -0.15) is 0 Å². The lowest BCUT2D eigenvalue weighted by Crippen LogP contribution is -2.29. The molecule has 2 aromatic carbocycles. The molecule has 0 spiro atoms.